The van der Waals surface area contributed by atoms with Crippen molar-refractivity contribution < 1.29 is 14.6 Å². The Balaban J connectivity index is 1.61. The van der Waals surface area contributed by atoms with Gasteiger partial charge < -0.3 is 9.84 Å². The summed E-state index contributed by atoms with van der Waals surface area (Å²) in [5.74, 6) is 3.52. The van der Waals surface area contributed by atoms with Crippen LogP contribution in [0.25, 0.3) is 16.1 Å². The van der Waals surface area contributed by atoms with Crippen LogP contribution in [0.3, 0.4) is 0 Å². The number of nitrogens with zero attached hydrogens (tertiary/aromatic N) is 4. The average molecular weight is 497 g/mol. The Bertz CT molecular complexity index is 1540. The predicted molar refractivity (Wildman–Crippen MR) is 140 cm³/mol. The van der Waals surface area contributed by atoms with E-state index in [-0.39, 0.29) is 13.0 Å². The third-order valence-electron chi connectivity index (χ3n) is 6.26. The minimum absolute atomic E-state index is 0.170. The van der Waals surface area contributed by atoms with Gasteiger partial charge in [0.15, 0.2) is 5.82 Å². The van der Waals surface area contributed by atoms with Gasteiger partial charge in [-0.3, -0.25) is 14.4 Å². The number of aliphatic carboxylic acids is 1. The minimum atomic E-state index is -0.934. The Morgan fingerprint density at radius 2 is 1.86 bits per heavy atom. The molecule has 1 aliphatic rings. The van der Waals surface area contributed by atoms with Crippen LogP contribution in [0, 0.1) is 33.1 Å². The summed E-state index contributed by atoms with van der Waals surface area (Å²) < 4.78 is 7.52. The van der Waals surface area contributed by atoms with Gasteiger partial charge in [-0.2, -0.15) is 0 Å². The van der Waals surface area contributed by atoms with Crippen LogP contribution < -0.4 is 4.74 Å². The molecule has 4 aromatic rings. The van der Waals surface area contributed by atoms with E-state index in [0.29, 0.717) is 17.4 Å². The van der Waals surface area contributed by atoms with E-state index in [2.05, 4.69) is 30.0 Å². The van der Waals surface area contributed by atoms with E-state index >= 15 is 0 Å². The molecular formula is C28H24N4O3S. The second-order valence-electron chi connectivity index (χ2n) is 8.59. The molecule has 3 heterocycles. The van der Waals surface area contributed by atoms with E-state index in [4.69, 9.17) is 16.2 Å². The van der Waals surface area contributed by atoms with Gasteiger partial charge in [0.2, 0.25) is 0 Å². The molecule has 0 unspecified atom stereocenters. The quantitative estimate of drug-likeness (QED) is 0.366. The van der Waals surface area contributed by atoms with E-state index in [0.717, 1.165) is 38.5 Å². The molecule has 0 aliphatic carbocycles. The summed E-state index contributed by atoms with van der Waals surface area (Å²) in [6.07, 6.45) is 5.14. The second kappa shape index (κ2) is 9.44. The number of fused-ring (bicyclic) bond motifs is 3. The number of carboxylic acids is 1. The Hall–Kier alpha value is -4.22. The van der Waals surface area contributed by atoms with Crippen molar-refractivity contribution in [2.45, 2.75) is 33.2 Å². The Morgan fingerprint density at radius 1 is 1.11 bits per heavy atom. The number of benzene rings is 2. The number of carbonyl (C=O) groups is 1. The van der Waals surface area contributed by atoms with Crippen molar-refractivity contribution in [3.05, 3.63) is 81.7 Å². The summed E-state index contributed by atoms with van der Waals surface area (Å²) in [4.78, 5) is 17.9. The number of thiophene rings is 1. The van der Waals surface area contributed by atoms with Crippen molar-refractivity contribution in [3.8, 4) is 34.2 Å². The van der Waals surface area contributed by atoms with E-state index in [1.165, 1.54) is 4.88 Å². The van der Waals surface area contributed by atoms with Gasteiger partial charge in [-0.25, -0.2) is 0 Å². The molecule has 5 rings (SSSR count). The SMILES string of the molecule is C#CCOc1cccc(-c2ccc(C3=N[C@@H](CC(=O)O)c4nnc(C)n4-c4sc(C)c(C)c43)cc2)c1. The fraction of sp³-hybridized carbons (Fsp3) is 0.214. The predicted octanol–water partition coefficient (Wildman–Crippen LogP) is 5.30. The molecule has 36 heavy (non-hydrogen) atoms. The fourth-order valence-electron chi connectivity index (χ4n) is 4.40. The lowest BCUT2D eigenvalue weighted by molar-refractivity contribution is -0.137. The van der Waals surface area contributed by atoms with Crippen molar-refractivity contribution in [2.75, 3.05) is 6.61 Å². The molecule has 2 aromatic heterocycles. The molecule has 0 radical (unpaired) electrons. The summed E-state index contributed by atoms with van der Waals surface area (Å²) >= 11 is 1.65. The lowest BCUT2D eigenvalue weighted by atomic mass is 9.97. The molecule has 1 atom stereocenters. The number of hydrogen-bond acceptors (Lipinski definition) is 6. The van der Waals surface area contributed by atoms with Crippen molar-refractivity contribution in [3.63, 3.8) is 0 Å². The molecule has 7 nitrogen and oxygen atoms in total. The minimum Gasteiger partial charge on any atom is -0.481 e. The van der Waals surface area contributed by atoms with Crippen LogP contribution in [0.1, 0.15) is 45.7 Å². The maximum atomic E-state index is 11.7. The second-order valence-corrected chi connectivity index (χ2v) is 9.80. The Morgan fingerprint density at radius 3 is 2.58 bits per heavy atom. The lowest BCUT2D eigenvalue weighted by Gasteiger charge is -2.12. The topological polar surface area (TPSA) is 89.6 Å². The fourth-order valence-corrected chi connectivity index (χ4v) is 5.62. The highest BCUT2D eigenvalue weighted by Gasteiger charge is 2.32. The van der Waals surface area contributed by atoms with Crippen LogP contribution in [0.4, 0.5) is 0 Å². The summed E-state index contributed by atoms with van der Waals surface area (Å²) in [5.41, 5.74) is 5.81. The summed E-state index contributed by atoms with van der Waals surface area (Å²) in [7, 11) is 0. The molecule has 0 bridgehead atoms. The van der Waals surface area contributed by atoms with Crippen LogP contribution >= 0.6 is 11.3 Å². The number of terminal acetylenes is 1. The van der Waals surface area contributed by atoms with Crippen LogP contribution in [0.5, 0.6) is 5.75 Å². The van der Waals surface area contributed by atoms with E-state index in [1.54, 1.807) is 11.3 Å². The third kappa shape index (κ3) is 4.18. The first-order valence-electron chi connectivity index (χ1n) is 11.5. The lowest BCUT2D eigenvalue weighted by Crippen LogP contribution is -2.10. The smallest absolute Gasteiger partial charge is 0.306 e. The van der Waals surface area contributed by atoms with Crippen LogP contribution in [-0.2, 0) is 4.79 Å². The molecule has 0 amide bonds. The zero-order chi connectivity index (χ0) is 25.4. The molecule has 2 aromatic carbocycles. The zero-order valence-electron chi connectivity index (χ0n) is 20.1. The van der Waals surface area contributed by atoms with Gasteiger partial charge in [-0.1, -0.05) is 42.3 Å². The largest absolute Gasteiger partial charge is 0.481 e. The highest BCUT2D eigenvalue weighted by atomic mass is 32.1. The first-order chi connectivity index (χ1) is 17.4. The Labute approximate surface area is 213 Å². The summed E-state index contributed by atoms with van der Waals surface area (Å²) in [5, 5.41) is 19.1. The summed E-state index contributed by atoms with van der Waals surface area (Å²) in [6, 6.07) is 15.3. The number of aryl methyl sites for hydroxylation is 2. The third-order valence-corrected chi connectivity index (χ3v) is 7.45. The van der Waals surface area contributed by atoms with E-state index in [1.807, 2.05) is 60.0 Å². The number of hydrogen-bond donors (Lipinski definition) is 1. The van der Waals surface area contributed by atoms with Gasteiger partial charge in [0.25, 0.3) is 0 Å². The van der Waals surface area contributed by atoms with E-state index in [9.17, 15) is 9.90 Å². The van der Waals surface area contributed by atoms with Gasteiger partial charge in [0.1, 0.15) is 29.2 Å². The number of ether oxygens (including phenoxy) is 1. The normalized spacial score (nSPS) is 14.3. The zero-order valence-corrected chi connectivity index (χ0v) is 21.0. The standard InChI is InChI=1S/C28H24N4O3S/c1-5-13-35-22-8-6-7-21(14-22)19-9-11-20(12-10-19)26-25-16(2)17(3)36-28(25)32-18(4)30-31-27(32)23(29-26)15-24(33)34/h1,6-12,14,23H,13,15H2,2-4H3,(H,33,34)/t23-/m0/s1. The van der Waals surface area contributed by atoms with Gasteiger partial charge in [0.05, 0.1) is 12.1 Å². The molecule has 0 saturated carbocycles. The van der Waals surface area contributed by atoms with Gasteiger partial charge in [-0.05, 0) is 49.6 Å². The number of carboxylic acid groups (broad SMARTS) is 1. The number of aliphatic imine (C=N–C) groups is 1. The first-order valence-corrected chi connectivity index (χ1v) is 12.3. The monoisotopic (exact) mass is 496 g/mol. The maximum Gasteiger partial charge on any atom is 0.306 e. The molecule has 0 saturated heterocycles. The van der Waals surface area contributed by atoms with Crippen LogP contribution in [-0.4, -0.2) is 38.2 Å². The molecule has 8 heteroatoms. The molecule has 1 N–H and O–H groups in total. The van der Waals surface area contributed by atoms with Crippen molar-refractivity contribution in [2.24, 2.45) is 4.99 Å². The van der Waals surface area contributed by atoms with Crippen molar-refractivity contribution in [1.82, 2.24) is 14.8 Å². The summed E-state index contributed by atoms with van der Waals surface area (Å²) in [6.45, 7) is 6.25. The van der Waals surface area contributed by atoms with Gasteiger partial charge >= 0.3 is 5.97 Å². The Kier molecular flexibility index (Phi) is 6.17. The maximum absolute atomic E-state index is 11.7. The highest BCUT2D eigenvalue weighted by Crippen LogP contribution is 2.39. The number of rotatable bonds is 6. The van der Waals surface area contributed by atoms with Crippen molar-refractivity contribution >= 4 is 23.0 Å². The molecule has 0 fully saturated rings. The van der Waals surface area contributed by atoms with Gasteiger partial charge in [0, 0.05) is 16.0 Å². The molecule has 0 spiro atoms. The number of aromatic nitrogens is 3. The van der Waals surface area contributed by atoms with Crippen LogP contribution in [0.15, 0.2) is 53.5 Å². The van der Waals surface area contributed by atoms with Crippen molar-refractivity contribution in [1.29, 1.82) is 0 Å². The van der Waals surface area contributed by atoms with E-state index < -0.39 is 12.0 Å². The molecule has 1 aliphatic heterocycles. The molecule has 180 valence electrons. The highest BCUT2D eigenvalue weighted by molar-refractivity contribution is 7.15. The van der Waals surface area contributed by atoms with Crippen LogP contribution in [0.2, 0.25) is 0 Å². The average Bonchev–Trinajstić information content (AvgIpc) is 3.35. The van der Waals surface area contributed by atoms with Gasteiger partial charge in [-0.15, -0.1) is 28.0 Å². The first kappa shape index (κ1) is 23.5. The molecular weight excluding hydrogens is 472 g/mol.